The van der Waals surface area contributed by atoms with Gasteiger partial charge in [0.05, 0.1) is 0 Å². The Morgan fingerprint density at radius 3 is 2.75 bits per heavy atom. The van der Waals surface area contributed by atoms with Crippen molar-refractivity contribution in [3.8, 4) is 0 Å². The van der Waals surface area contributed by atoms with Crippen LogP contribution in [0.4, 0.5) is 0 Å². The first kappa shape index (κ1) is 14.1. The van der Waals surface area contributed by atoms with Crippen molar-refractivity contribution in [2.45, 2.75) is 52.2 Å². The maximum absolute atomic E-state index is 4.32. The van der Waals surface area contributed by atoms with E-state index in [0.29, 0.717) is 12.0 Å². The van der Waals surface area contributed by atoms with Crippen LogP contribution in [0.2, 0.25) is 0 Å². The highest BCUT2D eigenvalue weighted by Gasteiger charge is 2.38. The number of aromatic nitrogens is 2. The summed E-state index contributed by atoms with van der Waals surface area (Å²) in [6, 6.07) is 1.41. The van der Waals surface area contributed by atoms with Gasteiger partial charge in [0.25, 0.3) is 0 Å². The molecule has 1 aromatic rings. The lowest BCUT2D eigenvalue weighted by Gasteiger charge is -2.42. The van der Waals surface area contributed by atoms with Crippen molar-refractivity contribution in [2.75, 3.05) is 19.6 Å². The molecule has 0 spiro atoms. The molecule has 0 amide bonds. The Balaban J connectivity index is 1.61. The molecule has 20 heavy (non-hydrogen) atoms. The Bertz CT molecular complexity index is 435. The summed E-state index contributed by atoms with van der Waals surface area (Å²) in [5.74, 6) is 2.79. The lowest BCUT2D eigenvalue weighted by Crippen LogP contribution is -2.59. The van der Waals surface area contributed by atoms with Gasteiger partial charge >= 0.3 is 0 Å². The van der Waals surface area contributed by atoms with E-state index >= 15 is 0 Å². The number of nitrogens with zero attached hydrogens (tertiary/aromatic N) is 3. The molecule has 1 saturated carbocycles. The molecule has 3 rings (SSSR count). The van der Waals surface area contributed by atoms with Gasteiger partial charge in [-0.3, -0.25) is 4.90 Å². The summed E-state index contributed by atoms with van der Waals surface area (Å²) in [4.78, 5) is 7.06. The summed E-state index contributed by atoms with van der Waals surface area (Å²) in [5.41, 5.74) is 0. The second kappa shape index (κ2) is 5.86. The summed E-state index contributed by atoms with van der Waals surface area (Å²) in [5, 5.41) is 3.76. The fraction of sp³-hybridized carbons (Fsp3) is 0.812. The lowest BCUT2D eigenvalue weighted by molar-refractivity contribution is 0.0958. The first-order valence-electron chi connectivity index (χ1n) is 8.10. The molecule has 2 atom stereocenters. The monoisotopic (exact) mass is 276 g/mol. The van der Waals surface area contributed by atoms with E-state index in [1.165, 1.54) is 25.9 Å². The van der Waals surface area contributed by atoms with Gasteiger partial charge in [-0.05, 0) is 31.6 Å². The van der Waals surface area contributed by atoms with Gasteiger partial charge in [0, 0.05) is 50.7 Å². The standard InChI is InChI=1S/C16H28N4/c1-12(2)15-11-20(16(10-18-15)14-4-5-14)9-8-19-7-6-17-13(19)3/h6-7,12,14-16,18H,4-5,8-11H2,1-3H3. The van der Waals surface area contributed by atoms with Gasteiger partial charge in [-0.1, -0.05) is 13.8 Å². The molecule has 1 aliphatic heterocycles. The molecule has 1 aromatic heterocycles. The molecule has 1 aliphatic carbocycles. The highest BCUT2D eigenvalue weighted by Crippen LogP contribution is 2.36. The minimum absolute atomic E-state index is 0.647. The molecule has 2 fully saturated rings. The molecule has 0 bridgehead atoms. The summed E-state index contributed by atoms with van der Waals surface area (Å²) in [7, 11) is 0. The summed E-state index contributed by atoms with van der Waals surface area (Å²) in [6.45, 7) is 11.3. The van der Waals surface area contributed by atoms with Gasteiger partial charge in [-0.25, -0.2) is 4.98 Å². The first-order valence-corrected chi connectivity index (χ1v) is 8.10. The Kier molecular flexibility index (Phi) is 4.13. The zero-order valence-electron chi connectivity index (χ0n) is 13.0. The highest BCUT2D eigenvalue weighted by molar-refractivity contribution is 4.96. The number of aryl methyl sites for hydroxylation is 1. The van der Waals surface area contributed by atoms with E-state index in [0.717, 1.165) is 30.9 Å². The topological polar surface area (TPSA) is 33.1 Å². The Labute approximate surface area is 122 Å². The van der Waals surface area contributed by atoms with Crippen molar-refractivity contribution >= 4 is 0 Å². The number of nitrogens with one attached hydrogen (secondary N) is 1. The van der Waals surface area contributed by atoms with Crippen LogP contribution in [-0.4, -0.2) is 46.2 Å². The second-order valence-electron chi connectivity index (χ2n) is 6.83. The highest BCUT2D eigenvalue weighted by atomic mass is 15.3. The maximum Gasteiger partial charge on any atom is 0.105 e. The van der Waals surface area contributed by atoms with Crippen molar-refractivity contribution in [1.82, 2.24) is 19.8 Å². The molecule has 1 N–H and O–H groups in total. The van der Waals surface area contributed by atoms with Crippen LogP contribution >= 0.6 is 0 Å². The first-order chi connectivity index (χ1) is 9.65. The van der Waals surface area contributed by atoms with Crippen LogP contribution < -0.4 is 5.32 Å². The molecular formula is C16H28N4. The number of imidazole rings is 1. The molecule has 112 valence electrons. The van der Waals surface area contributed by atoms with Crippen LogP contribution in [0.15, 0.2) is 12.4 Å². The third-order valence-corrected chi connectivity index (χ3v) is 5.01. The molecule has 4 nitrogen and oxygen atoms in total. The zero-order valence-corrected chi connectivity index (χ0v) is 13.0. The minimum atomic E-state index is 0.647. The van der Waals surface area contributed by atoms with Gasteiger partial charge in [-0.15, -0.1) is 0 Å². The van der Waals surface area contributed by atoms with Gasteiger partial charge < -0.3 is 9.88 Å². The number of hydrogen-bond donors (Lipinski definition) is 1. The summed E-state index contributed by atoms with van der Waals surface area (Å²) in [6.07, 6.45) is 6.87. The smallest absolute Gasteiger partial charge is 0.105 e. The SMILES string of the molecule is Cc1nccn1CCN1CC(C(C)C)NCC1C1CC1. The lowest BCUT2D eigenvalue weighted by atomic mass is 9.97. The molecule has 0 aromatic carbocycles. The molecule has 4 heteroatoms. The van der Waals surface area contributed by atoms with Crippen molar-refractivity contribution in [2.24, 2.45) is 11.8 Å². The van der Waals surface area contributed by atoms with E-state index in [1.807, 2.05) is 6.20 Å². The molecular weight excluding hydrogens is 248 g/mol. The van der Waals surface area contributed by atoms with E-state index in [9.17, 15) is 0 Å². The second-order valence-corrected chi connectivity index (χ2v) is 6.83. The predicted octanol–water partition coefficient (Wildman–Crippen LogP) is 1.90. The van der Waals surface area contributed by atoms with Crippen LogP contribution in [0.1, 0.15) is 32.5 Å². The number of rotatable bonds is 5. The van der Waals surface area contributed by atoms with E-state index in [4.69, 9.17) is 0 Å². The van der Waals surface area contributed by atoms with Gasteiger partial charge in [0.2, 0.25) is 0 Å². The minimum Gasteiger partial charge on any atom is -0.334 e. The van der Waals surface area contributed by atoms with Crippen LogP contribution in [-0.2, 0) is 6.54 Å². The normalized spacial score (nSPS) is 28.2. The van der Waals surface area contributed by atoms with E-state index in [2.05, 4.69) is 46.7 Å². The largest absolute Gasteiger partial charge is 0.334 e. The molecule has 0 radical (unpaired) electrons. The average Bonchev–Trinajstić information content (AvgIpc) is 3.19. The Morgan fingerprint density at radius 2 is 2.15 bits per heavy atom. The van der Waals surface area contributed by atoms with Gasteiger partial charge in [0.15, 0.2) is 0 Å². The molecule has 2 unspecified atom stereocenters. The molecule has 2 aliphatic rings. The Morgan fingerprint density at radius 1 is 1.35 bits per heavy atom. The van der Waals surface area contributed by atoms with Crippen LogP contribution in [0, 0.1) is 18.8 Å². The third kappa shape index (κ3) is 3.07. The van der Waals surface area contributed by atoms with Gasteiger partial charge in [-0.2, -0.15) is 0 Å². The summed E-state index contributed by atoms with van der Waals surface area (Å²) < 4.78 is 2.27. The summed E-state index contributed by atoms with van der Waals surface area (Å²) >= 11 is 0. The molecule has 2 heterocycles. The average molecular weight is 276 g/mol. The van der Waals surface area contributed by atoms with Crippen molar-refractivity contribution in [3.63, 3.8) is 0 Å². The van der Waals surface area contributed by atoms with Crippen molar-refractivity contribution in [1.29, 1.82) is 0 Å². The fourth-order valence-corrected chi connectivity index (χ4v) is 3.38. The number of piperazine rings is 1. The molecule has 1 saturated heterocycles. The van der Waals surface area contributed by atoms with Crippen LogP contribution in [0.5, 0.6) is 0 Å². The third-order valence-electron chi connectivity index (χ3n) is 5.01. The fourth-order valence-electron chi connectivity index (χ4n) is 3.38. The predicted molar refractivity (Wildman–Crippen MR) is 81.7 cm³/mol. The van der Waals surface area contributed by atoms with E-state index in [1.54, 1.807) is 0 Å². The van der Waals surface area contributed by atoms with Gasteiger partial charge in [0.1, 0.15) is 5.82 Å². The zero-order chi connectivity index (χ0) is 14.1. The quantitative estimate of drug-likeness (QED) is 0.891. The number of hydrogen-bond acceptors (Lipinski definition) is 3. The van der Waals surface area contributed by atoms with Crippen LogP contribution in [0.3, 0.4) is 0 Å². The van der Waals surface area contributed by atoms with Crippen molar-refractivity contribution < 1.29 is 0 Å². The Hall–Kier alpha value is -0.870. The van der Waals surface area contributed by atoms with Crippen molar-refractivity contribution in [3.05, 3.63) is 18.2 Å². The van der Waals surface area contributed by atoms with E-state index in [-0.39, 0.29) is 0 Å². The maximum atomic E-state index is 4.32. The van der Waals surface area contributed by atoms with E-state index < -0.39 is 0 Å². The van der Waals surface area contributed by atoms with Crippen LogP contribution in [0.25, 0.3) is 0 Å².